The highest BCUT2D eigenvalue weighted by atomic mass is 79.9. The summed E-state index contributed by atoms with van der Waals surface area (Å²) in [5, 5.41) is 2.99. The number of hydrogen-bond acceptors (Lipinski definition) is 2. The summed E-state index contributed by atoms with van der Waals surface area (Å²) < 4.78 is 5.53. The molecular weight excluding hydrogens is 306 g/mol. The quantitative estimate of drug-likeness (QED) is 0.829. The van der Waals surface area contributed by atoms with E-state index in [1.165, 1.54) is 0 Å². The number of ether oxygens (including phenoxy) is 1. The van der Waals surface area contributed by atoms with Gasteiger partial charge >= 0.3 is 0 Å². The summed E-state index contributed by atoms with van der Waals surface area (Å²) in [6.45, 7) is 2.90. The summed E-state index contributed by atoms with van der Waals surface area (Å²) in [5.74, 6) is 0.0658. The fourth-order valence-electron chi connectivity index (χ4n) is 2.33. The van der Waals surface area contributed by atoms with Crippen molar-refractivity contribution in [3.05, 3.63) is 29.8 Å². The molecule has 1 fully saturated rings. The van der Waals surface area contributed by atoms with Crippen molar-refractivity contribution in [1.29, 1.82) is 0 Å². The van der Waals surface area contributed by atoms with E-state index in [-0.39, 0.29) is 16.8 Å². The molecule has 19 heavy (non-hydrogen) atoms. The molecular formula is C15H20BrNO2. The molecule has 1 heterocycles. The third kappa shape index (κ3) is 4.32. The second kappa shape index (κ2) is 7.06. The summed E-state index contributed by atoms with van der Waals surface area (Å²) >= 11 is 3.54. The molecule has 0 spiro atoms. The van der Waals surface area contributed by atoms with Crippen LogP contribution in [-0.2, 0) is 9.53 Å². The maximum absolute atomic E-state index is 12.0. The molecule has 0 aliphatic carbocycles. The molecule has 2 atom stereocenters. The third-order valence-electron chi connectivity index (χ3n) is 3.38. The van der Waals surface area contributed by atoms with Gasteiger partial charge in [-0.2, -0.15) is 0 Å². The van der Waals surface area contributed by atoms with Crippen LogP contribution >= 0.6 is 15.9 Å². The maximum atomic E-state index is 12.0. The van der Waals surface area contributed by atoms with Crippen LogP contribution < -0.4 is 5.32 Å². The first-order chi connectivity index (χ1) is 9.16. The van der Waals surface area contributed by atoms with Gasteiger partial charge in [-0.1, -0.05) is 34.1 Å². The van der Waals surface area contributed by atoms with Gasteiger partial charge in [-0.3, -0.25) is 4.79 Å². The van der Waals surface area contributed by atoms with Crippen LogP contribution in [0.4, 0.5) is 5.69 Å². The molecule has 0 bridgehead atoms. The van der Waals surface area contributed by atoms with Crippen LogP contribution in [0.2, 0.25) is 0 Å². The van der Waals surface area contributed by atoms with Crippen LogP contribution in [-0.4, -0.2) is 18.6 Å². The Kier molecular flexibility index (Phi) is 5.40. The van der Waals surface area contributed by atoms with Gasteiger partial charge in [0.1, 0.15) is 0 Å². The van der Waals surface area contributed by atoms with Gasteiger partial charge in [0.05, 0.1) is 6.10 Å². The fourth-order valence-corrected chi connectivity index (χ4v) is 2.73. The lowest BCUT2D eigenvalue weighted by atomic mass is 10.1. The molecule has 0 saturated carbocycles. The summed E-state index contributed by atoms with van der Waals surface area (Å²) in [5.41, 5.74) is 2.00. The lowest BCUT2D eigenvalue weighted by Crippen LogP contribution is -2.16. The van der Waals surface area contributed by atoms with E-state index in [1.54, 1.807) is 0 Å². The van der Waals surface area contributed by atoms with Gasteiger partial charge < -0.3 is 10.1 Å². The Labute approximate surface area is 122 Å². The zero-order chi connectivity index (χ0) is 13.7. The van der Waals surface area contributed by atoms with Crippen LogP contribution in [0.5, 0.6) is 0 Å². The lowest BCUT2D eigenvalue weighted by Gasteiger charge is -2.13. The van der Waals surface area contributed by atoms with Crippen molar-refractivity contribution in [1.82, 2.24) is 0 Å². The Balaban J connectivity index is 1.87. The van der Waals surface area contributed by atoms with Crippen LogP contribution in [0.15, 0.2) is 24.3 Å². The first-order valence-corrected chi connectivity index (χ1v) is 7.73. The number of nitrogens with one attached hydrogen (secondary N) is 1. The van der Waals surface area contributed by atoms with E-state index in [9.17, 15) is 4.79 Å². The number of para-hydroxylation sites is 1. The van der Waals surface area contributed by atoms with E-state index >= 15 is 0 Å². The fraction of sp³-hybridized carbons (Fsp3) is 0.533. The highest BCUT2D eigenvalue weighted by Crippen LogP contribution is 2.28. The number of hydrogen-bond donors (Lipinski definition) is 1. The van der Waals surface area contributed by atoms with Gasteiger partial charge in [0, 0.05) is 23.5 Å². The zero-order valence-corrected chi connectivity index (χ0v) is 12.8. The predicted molar refractivity (Wildman–Crippen MR) is 80.6 cm³/mol. The lowest BCUT2D eigenvalue weighted by molar-refractivity contribution is -0.116. The van der Waals surface area contributed by atoms with E-state index < -0.39 is 0 Å². The minimum absolute atomic E-state index is 0.0658. The Bertz CT molecular complexity index is 428. The molecule has 3 nitrogen and oxygen atoms in total. The molecule has 0 radical (unpaired) electrons. The zero-order valence-electron chi connectivity index (χ0n) is 11.2. The normalized spacial score (nSPS) is 20.2. The molecule has 1 N–H and O–H groups in total. The summed E-state index contributed by atoms with van der Waals surface area (Å²) in [6, 6.07) is 7.88. The number of alkyl halides is 1. The summed E-state index contributed by atoms with van der Waals surface area (Å²) in [6.07, 6.45) is 3.82. The van der Waals surface area contributed by atoms with Crippen molar-refractivity contribution in [2.75, 3.05) is 11.9 Å². The number of carbonyl (C=O) groups excluding carboxylic acids is 1. The van der Waals surface area contributed by atoms with Gasteiger partial charge in [-0.15, -0.1) is 0 Å². The van der Waals surface area contributed by atoms with Crippen LogP contribution in [0.25, 0.3) is 0 Å². The molecule has 1 aliphatic heterocycles. The Hall–Kier alpha value is -0.870. The first kappa shape index (κ1) is 14.5. The second-order valence-corrected chi connectivity index (χ2v) is 6.30. The molecule has 1 saturated heterocycles. The Morgan fingerprint density at radius 3 is 3.00 bits per heavy atom. The van der Waals surface area contributed by atoms with E-state index in [0.29, 0.717) is 6.42 Å². The average molecular weight is 326 g/mol. The third-order valence-corrected chi connectivity index (χ3v) is 3.87. The largest absolute Gasteiger partial charge is 0.378 e. The summed E-state index contributed by atoms with van der Waals surface area (Å²) in [4.78, 5) is 12.2. The number of carbonyl (C=O) groups is 1. The van der Waals surface area contributed by atoms with Gasteiger partial charge in [0.25, 0.3) is 0 Å². The highest BCUT2D eigenvalue weighted by Gasteiger charge is 2.17. The standard InChI is InChI=1S/C15H20BrNO2/c1-11(16)13-6-2-3-7-14(13)17-15(18)9-8-12-5-4-10-19-12/h2-3,6-7,11-12H,4-5,8-10H2,1H3,(H,17,18). The van der Waals surface area contributed by atoms with Gasteiger partial charge in [0.15, 0.2) is 0 Å². The van der Waals surface area contributed by atoms with Crippen molar-refractivity contribution >= 4 is 27.5 Å². The Morgan fingerprint density at radius 1 is 1.53 bits per heavy atom. The molecule has 1 aliphatic rings. The van der Waals surface area contributed by atoms with Gasteiger partial charge in [0.2, 0.25) is 5.91 Å². The predicted octanol–water partition coefficient (Wildman–Crippen LogP) is 4.04. The number of rotatable bonds is 5. The number of amides is 1. The highest BCUT2D eigenvalue weighted by molar-refractivity contribution is 9.09. The molecule has 0 aromatic heterocycles. The Morgan fingerprint density at radius 2 is 2.32 bits per heavy atom. The molecule has 1 aromatic rings. The molecule has 1 aromatic carbocycles. The molecule has 104 valence electrons. The minimum atomic E-state index is 0.0658. The van der Waals surface area contributed by atoms with E-state index in [0.717, 1.165) is 37.1 Å². The minimum Gasteiger partial charge on any atom is -0.378 e. The molecule has 1 amide bonds. The van der Waals surface area contributed by atoms with E-state index in [1.807, 2.05) is 24.3 Å². The van der Waals surface area contributed by atoms with Crippen LogP contribution in [0.3, 0.4) is 0 Å². The van der Waals surface area contributed by atoms with Crippen molar-refractivity contribution in [2.24, 2.45) is 0 Å². The van der Waals surface area contributed by atoms with Crippen molar-refractivity contribution in [3.8, 4) is 0 Å². The molecule has 4 heteroatoms. The van der Waals surface area contributed by atoms with Gasteiger partial charge in [-0.25, -0.2) is 0 Å². The first-order valence-electron chi connectivity index (χ1n) is 6.81. The van der Waals surface area contributed by atoms with Gasteiger partial charge in [-0.05, 0) is 37.8 Å². The maximum Gasteiger partial charge on any atom is 0.224 e. The average Bonchev–Trinajstić information content (AvgIpc) is 2.90. The topological polar surface area (TPSA) is 38.3 Å². The monoisotopic (exact) mass is 325 g/mol. The van der Waals surface area contributed by atoms with Crippen molar-refractivity contribution < 1.29 is 9.53 Å². The number of halogens is 1. The van der Waals surface area contributed by atoms with E-state index in [2.05, 4.69) is 28.2 Å². The number of anilines is 1. The van der Waals surface area contributed by atoms with Crippen LogP contribution in [0.1, 0.15) is 43.0 Å². The van der Waals surface area contributed by atoms with Crippen molar-refractivity contribution in [3.63, 3.8) is 0 Å². The SMILES string of the molecule is CC(Br)c1ccccc1NC(=O)CCC1CCCO1. The summed E-state index contributed by atoms with van der Waals surface area (Å²) in [7, 11) is 0. The molecule has 2 rings (SSSR count). The second-order valence-electron chi connectivity index (χ2n) is 4.93. The van der Waals surface area contributed by atoms with Crippen molar-refractivity contribution in [2.45, 2.75) is 43.5 Å². The smallest absolute Gasteiger partial charge is 0.224 e. The molecule has 2 unspecified atom stereocenters. The van der Waals surface area contributed by atoms with E-state index in [4.69, 9.17) is 4.74 Å². The van der Waals surface area contributed by atoms with Crippen LogP contribution in [0, 0.1) is 0 Å². The number of benzene rings is 1.